The molecule has 0 aliphatic carbocycles. The Morgan fingerprint density at radius 1 is 1.16 bits per heavy atom. The van der Waals surface area contributed by atoms with Gasteiger partial charge in [-0.1, -0.05) is 49.2 Å². The minimum atomic E-state index is -1.10. The molecule has 0 fully saturated rings. The van der Waals surface area contributed by atoms with E-state index in [4.69, 9.17) is 11.6 Å². The van der Waals surface area contributed by atoms with E-state index in [9.17, 15) is 15.0 Å². The molecule has 0 atom stereocenters. The number of aromatic amines is 1. The molecule has 0 saturated heterocycles. The number of tetrazole rings is 1. The summed E-state index contributed by atoms with van der Waals surface area (Å²) in [5, 5.41) is 33.6. The van der Waals surface area contributed by atoms with Gasteiger partial charge in [-0.2, -0.15) is 5.21 Å². The second-order valence-electron chi connectivity index (χ2n) is 7.32. The van der Waals surface area contributed by atoms with E-state index in [-0.39, 0.29) is 16.6 Å². The summed E-state index contributed by atoms with van der Waals surface area (Å²) in [4.78, 5) is 16.0. The van der Waals surface area contributed by atoms with Gasteiger partial charge in [-0.3, -0.25) is 0 Å². The number of carboxylic acid groups (broad SMARTS) is 1. The first-order valence-electron chi connectivity index (χ1n) is 10.1. The molecule has 0 unspecified atom stereocenters. The third-order valence-corrected chi connectivity index (χ3v) is 5.42. The number of nitrogens with zero attached hydrogens (tertiary/aromatic N) is 5. The van der Waals surface area contributed by atoms with Crippen LogP contribution in [0, 0.1) is 0 Å². The molecule has 10 heteroatoms. The largest absolute Gasteiger partial charge is 0.508 e. The maximum absolute atomic E-state index is 11.8. The molecule has 2 heterocycles. The van der Waals surface area contributed by atoms with E-state index < -0.39 is 5.97 Å². The third kappa shape index (κ3) is 4.33. The van der Waals surface area contributed by atoms with Gasteiger partial charge in [0.2, 0.25) is 5.82 Å². The fraction of sp³-hybridized carbons (Fsp3) is 0.227. The number of benzene rings is 2. The summed E-state index contributed by atoms with van der Waals surface area (Å²) < 4.78 is 1.67. The Bertz CT molecular complexity index is 1240. The monoisotopic (exact) mass is 452 g/mol. The number of aryl methyl sites for hydroxylation is 1. The van der Waals surface area contributed by atoms with Crippen molar-refractivity contribution in [2.24, 2.45) is 0 Å². The first kappa shape index (κ1) is 21.5. The lowest BCUT2D eigenvalue weighted by atomic mass is 9.98. The predicted octanol–water partition coefficient (Wildman–Crippen LogP) is 4.18. The summed E-state index contributed by atoms with van der Waals surface area (Å²) >= 11 is 6.12. The topological polar surface area (TPSA) is 130 Å². The molecule has 0 bridgehead atoms. The SMILES string of the molecule is CCCCc1nc(Cl)c(C(=O)O)n1Cc1ccc(-c2ccc(O)cc2-c2nn[nH]n2)cc1. The van der Waals surface area contributed by atoms with Crippen molar-refractivity contribution in [2.75, 3.05) is 0 Å². The molecule has 4 aromatic rings. The molecule has 3 N–H and O–H groups in total. The number of nitrogens with one attached hydrogen (secondary N) is 1. The van der Waals surface area contributed by atoms with Crippen LogP contribution in [0.3, 0.4) is 0 Å². The molecule has 0 aliphatic rings. The molecule has 2 aromatic heterocycles. The van der Waals surface area contributed by atoms with Gasteiger partial charge in [0.15, 0.2) is 10.8 Å². The summed E-state index contributed by atoms with van der Waals surface area (Å²) in [5.74, 6) is 0.0367. The zero-order valence-corrected chi connectivity index (χ0v) is 18.0. The van der Waals surface area contributed by atoms with Crippen molar-refractivity contribution in [3.63, 3.8) is 0 Å². The van der Waals surface area contributed by atoms with Gasteiger partial charge in [-0.05, 0) is 46.5 Å². The van der Waals surface area contributed by atoms with Gasteiger partial charge >= 0.3 is 5.97 Å². The minimum absolute atomic E-state index is 0.000210. The van der Waals surface area contributed by atoms with Crippen LogP contribution in [-0.2, 0) is 13.0 Å². The maximum Gasteiger partial charge on any atom is 0.355 e. The van der Waals surface area contributed by atoms with Gasteiger partial charge in [-0.15, -0.1) is 10.2 Å². The van der Waals surface area contributed by atoms with Gasteiger partial charge < -0.3 is 14.8 Å². The number of phenolic OH excluding ortho intramolecular Hbond substituents is 1. The van der Waals surface area contributed by atoms with Gasteiger partial charge in [-0.25, -0.2) is 9.78 Å². The minimum Gasteiger partial charge on any atom is -0.508 e. The molecule has 164 valence electrons. The van der Waals surface area contributed by atoms with Crippen LogP contribution in [0.1, 0.15) is 41.6 Å². The van der Waals surface area contributed by atoms with Crippen LogP contribution in [0.5, 0.6) is 5.75 Å². The number of halogens is 1. The normalized spacial score (nSPS) is 11.1. The Hall–Kier alpha value is -3.72. The average Bonchev–Trinajstić information content (AvgIpc) is 3.41. The highest BCUT2D eigenvalue weighted by molar-refractivity contribution is 6.32. The predicted molar refractivity (Wildman–Crippen MR) is 119 cm³/mol. The molecule has 0 aliphatic heterocycles. The van der Waals surface area contributed by atoms with E-state index >= 15 is 0 Å². The van der Waals surface area contributed by atoms with E-state index in [1.165, 1.54) is 0 Å². The van der Waals surface area contributed by atoms with Crippen molar-refractivity contribution < 1.29 is 15.0 Å². The number of aromatic carboxylic acids is 1. The maximum atomic E-state index is 11.8. The second-order valence-corrected chi connectivity index (χ2v) is 7.68. The van der Waals surface area contributed by atoms with E-state index in [1.54, 1.807) is 22.8 Å². The van der Waals surface area contributed by atoms with Gasteiger partial charge in [0, 0.05) is 18.5 Å². The highest BCUT2D eigenvalue weighted by atomic mass is 35.5. The summed E-state index contributed by atoms with van der Waals surface area (Å²) in [7, 11) is 0. The van der Waals surface area contributed by atoms with Crippen LogP contribution in [-0.4, -0.2) is 46.4 Å². The Morgan fingerprint density at radius 2 is 1.94 bits per heavy atom. The molecule has 4 rings (SSSR count). The zero-order valence-electron chi connectivity index (χ0n) is 17.3. The number of unbranched alkanes of at least 4 members (excludes halogenated alkanes) is 1. The van der Waals surface area contributed by atoms with E-state index in [0.29, 0.717) is 30.2 Å². The number of rotatable bonds is 8. The summed E-state index contributed by atoms with van der Waals surface area (Å²) in [5.41, 5.74) is 3.27. The quantitative estimate of drug-likeness (QED) is 0.365. The van der Waals surface area contributed by atoms with Gasteiger partial charge in [0.1, 0.15) is 11.6 Å². The Labute approximate surface area is 188 Å². The molecule has 32 heavy (non-hydrogen) atoms. The van der Waals surface area contributed by atoms with E-state index in [1.807, 2.05) is 24.3 Å². The number of aromatic nitrogens is 6. The Balaban J connectivity index is 1.66. The molecular weight excluding hydrogens is 432 g/mol. The van der Waals surface area contributed by atoms with Crippen molar-refractivity contribution in [2.45, 2.75) is 32.7 Å². The first-order chi connectivity index (χ1) is 15.5. The number of imidazole rings is 1. The van der Waals surface area contributed by atoms with Crippen LogP contribution in [0.15, 0.2) is 42.5 Å². The van der Waals surface area contributed by atoms with Crippen LogP contribution in [0.4, 0.5) is 0 Å². The van der Waals surface area contributed by atoms with Crippen LogP contribution >= 0.6 is 11.6 Å². The lowest BCUT2D eigenvalue weighted by Crippen LogP contribution is -2.13. The number of hydrogen-bond donors (Lipinski definition) is 3. The summed E-state index contributed by atoms with van der Waals surface area (Å²) in [6, 6.07) is 12.7. The number of hydrogen-bond acceptors (Lipinski definition) is 6. The van der Waals surface area contributed by atoms with Crippen molar-refractivity contribution in [3.8, 4) is 28.3 Å². The molecule has 0 radical (unpaired) electrons. The fourth-order valence-corrected chi connectivity index (χ4v) is 3.86. The van der Waals surface area contributed by atoms with E-state index in [0.717, 1.165) is 29.5 Å². The number of aromatic hydroxyl groups is 1. The zero-order chi connectivity index (χ0) is 22.7. The van der Waals surface area contributed by atoms with Crippen molar-refractivity contribution >= 4 is 17.6 Å². The summed E-state index contributed by atoms with van der Waals surface area (Å²) in [6.07, 6.45) is 2.52. The standard InChI is InChI=1S/C22H21ClN6O3/c1-2-3-4-18-24-20(23)19(22(31)32)29(18)12-13-5-7-14(8-6-13)16-10-9-15(30)11-17(16)21-25-27-28-26-21/h5-11,30H,2-4,12H2,1H3,(H,31,32)(H,25,26,27,28). The van der Waals surface area contributed by atoms with Crippen molar-refractivity contribution in [1.82, 2.24) is 30.2 Å². The molecule has 0 spiro atoms. The van der Waals surface area contributed by atoms with Gasteiger partial charge in [0.25, 0.3) is 0 Å². The lowest BCUT2D eigenvalue weighted by Gasteiger charge is -2.12. The Morgan fingerprint density at radius 3 is 2.59 bits per heavy atom. The number of H-pyrrole nitrogens is 1. The molecular formula is C22H21ClN6O3. The van der Waals surface area contributed by atoms with Crippen LogP contribution in [0.2, 0.25) is 5.15 Å². The lowest BCUT2D eigenvalue weighted by molar-refractivity contribution is 0.0685. The van der Waals surface area contributed by atoms with Crippen LogP contribution < -0.4 is 0 Å². The molecule has 2 aromatic carbocycles. The number of carboxylic acids is 1. The molecule has 0 amide bonds. The highest BCUT2D eigenvalue weighted by Gasteiger charge is 2.21. The highest BCUT2D eigenvalue weighted by Crippen LogP contribution is 2.33. The molecule has 9 nitrogen and oxygen atoms in total. The number of carbonyl (C=O) groups is 1. The Kier molecular flexibility index (Phi) is 6.18. The first-order valence-corrected chi connectivity index (χ1v) is 10.5. The van der Waals surface area contributed by atoms with Crippen LogP contribution in [0.25, 0.3) is 22.5 Å². The summed E-state index contributed by atoms with van der Waals surface area (Å²) in [6.45, 7) is 2.41. The average molecular weight is 453 g/mol. The molecule has 0 saturated carbocycles. The third-order valence-electron chi connectivity index (χ3n) is 5.16. The van der Waals surface area contributed by atoms with Crippen molar-refractivity contribution in [1.29, 1.82) is 0 Å². The fourth-order valence-electron chi connectivity index (χ4n) is 3.58. The smallest absolute Gasteiger partial charge is 0.355 e. The van der Waals surface area contributed by atoms with Crippen molar-refractivity contribution in [3.05, 3.63) is 64.7 Å². The van der Waals surface area contributed by atoms with E-state index in [2.05, 4.69) is 32.5 Å². The van der Waals surface area contributed by atoms with Gasteiger partial charge in [0.05, 0.1) is 0 Å². The second kappa shape index (κ2) is 9.19. The number of phenols is 1.